The van der Waals surface area contributed by atoms with Crippen LogP contribution in [0.3, 0.4) is 0 Å². The van der Waals surface area contributed by atoms with Crippen LogP contribution in [0.2, 0.25) is 10.0 Å². The maximum atomic E-state index is 13.7. The molecular weight excluding hydrogens is 375 g/mol. The number of halogens is 5. The maximum Gasteiger partial charge on any atom is 0.258 e. The minimum atomic E-state index is -0.731. The van der Waals surface area contributed by atoms with Gasteiger partial charge in [0.2, 0.25) is 0 Å². The molecule has 2 aromatic rings. The first-order chi connectivity index (χ1) is 9.38. The summed E-state index contributed by atoms with van der Waals surface area (Å²) in [5.41, 5.74) is -0.147. The van der Waals surface area contributed by atoms with Gasteiger partial charge >= 0.3 is 0 Å². The third-order valence-electron chi connectivity index (χ3n) is 2.42. The van der Waals surface area contributed by atoms with E-state index >= 15 is 0 Å². The lowest BCUT2D eigenvalue weighted by Crippen LogP contribution is -2.14. The van der Waals surface area contributed by atoms with Crippen LogP contribution in [0.1, 0.15) is 10.4 Å². The second-order valence-corrected chi connectivity index (χ2v) is 5.55. The summed E-state index contributed by atoms with van der Waals surface area (Å²) in [5, 5.41) is 2.22. The summed E-state index contributed by atoms with van der Waals surface area (Å²) >= 11 is 14.7. The van der Waals surface area contributed by atoms with E-state index in [1.165, 1.54) is 12.1 Å². The fraction of sp³-hybridized carbons (Fsp3) is 0. The van der Waals surface area contributed by atoms with Crippen molar-refractivity contribution in [2.75, 3.05) is 5.32 Å². The molecule has 0 heterocycles. The molecule has 7 heteroatoms. The highest BCUT2D eigenvalue weighted by molar-refractivity contribution is 9.10. The first-order valence-corrected chi connectivity index (χ1v) is 6.84. The Morgan fingerprint density at radius 3 is 2.25 bits per heavy atom. The first-order valence-electron chi connectivity index (χ1n) is 5.29. The van der Waals surface area contributed by atoms with Crippen LogP contribution in [0.5, 0.6) is 0 Å². The number of rotatable bonds is 2. The van der Waals surface area contributed by atoms with Crippen LogP contribution in [0.15, 0.2) is 34.8 Å². The molecule has 0 saturated carbocycles. The summed E-state index contributed by atoms with van der Waals surface area (Å²) in [4.78, 5) is 12.0. The highest BCUT2D eigenvalue weighted by Crippen LogP contribution is 2.32. The minimum Gasteiger partial charge on any atom is -0.319 e. The van der Waals surface area contributed by atoms with E-state index in [2.05, 4.69) is 21.2 Å². The fourth-order valence-electron chi connectivity index (χ4n) is 1.52. The molecule has 104 valence electrons. The molecule has 0 unspecified atom stereocenters. The molecule has 0 aliphatic heterocycles. The molecule has 2 aromatic carbocycles. The number of hydrogen-bond donors (Lipinski definition) is 1. The van der Waals surface area contributed by atoms with E-state index in [0.717, 1.165) is 18.2 Å². The van der Waals surface area contributed by atoms with Gasteiger partial charge in [-0.05, 0) is 30.3 Å². The van der Waals surface area contributed by atoms with Crippen LogP contribution in [-0.2, 0) is 0 Å². The molecular formula is C13H6BrCl2F2NO. The Balaban J connectivity index is 2.33. The van der Waals surface area contributed by atoms with Crippen molar-refractivity contribution in [3.8, 4) is 0 Å². The number of carbonyl (C=O) groups is 1. The molecule has 1 amide bonds. The van der Waals surface area contributed by atoms with Gasteiger partial charge in [-0.2, -0.15) is 0 Å². The molecule has 0 saturated heterocycles. The van der Waals surface area contributed by atoms with Gasteiger partial charge in [0.1, 0.15) is 11.6 Å². The molecule has 0 radical (unpaired) electrons. The second-order valence-electron chi connectivity index (χ2n) is 3.82. The molecule has 0 atom stereocenters. The van der Waals surface area contributed by atoms with Crippen molar-refractivity contribution in [2.24, 2.45) is 0 Å². The van der Waals surface area contributed by atoms with Crippen molar-refractivity contribution < 1.29 is 13.6 Å². The van der Waals surface area contributed by atoms with Gasteiger partial charge < -0.3 is 5.32 Å². The lowest BCUT2D eigenvalue weighted by atomic mass is 10.2. The number of carbonyl (C=O) groups excluding carboxylic acids is 1. The average molecular weight is 381 g/mol. The number of benzene rings is 2. The van der Waals surface area contributed by atoms with Gasteiger partial charge in [0.05, 0.1) is 21.3 Å². The Labute approximate surface area is 131 Å². The van der Waals surface area contributed by atoms with E-state index in [9.17, 15) is 13.6 Å². The molecule has 0 fully saturated rings. The highest BCUT2D eigenvalue weighted by Gasteiger charge is 2.16. The second kappa shape index (κ2) is 6.08. The quantitative estimate of drug-likeness (QED) is 0.753. The number of hydrogen-bond acceptors (Lipinski definition) is 1. The predicted octanol–water partition coefficient (Wildman–Crippen LogP) is 5.29. The average Bonchev–Trinajstić information content (AvgIpc) is 2.33. The van der Waals surface area contributed by atoms with E-state index in [4.69, 9.17) is 23.2 Å². The zero-order chi connectivity index (χ0) is 14.9. The van der Waals surface area contributed by atoms with Gasteiger partial charge in [-0.1, -0.05) is 39.1 Å². The largest absolute Gasteiger partial charge is 0.319 e. The van der Waals surface area contributed by atoms with Crippen molar-refractivity contribution in [1.82, 2.24) is 0 Å². The first kappa shape index (κ1) is 15.2. The van der Waals surface area contributed by atoms with Gasteiger partial charge in [-0.15, -0.1) is 0 Å². The molecule has 0 aliphatic rings. The summed E-state index contributed by atoms with van der Waals surface area (Å²) in [7, 11) is 0. The van der Waals surface area contributed by atoms with E-state index in [1.807, 2.05) is 0 Å². The molecule has 0 aromatic heterocycles. The van der Waals surface area contributed by atoms with E-state index in [1.54, 1.807) is 0 Å². The van der Waals surface area contributed by atoms with Crippen molar-refractivity contribution in [3.63, 3.8) is 0 Å². The maximum absolute atomic E-state index is 13.7. The van der Waals surface area contributed by atoms with E-state index in [-0.39, 0.29) is 21.3 Å². The lowest BCUT2D eigenvalue weighted by Gasteiger charge is -2.10. The number of anilines is 1. The van der Waals surface area contributed by atoms with Crippen molar-refractivity contribution in [2.45, 2.75) is 0 Å². The summed E-state index contributed by atoms with van der Waals surface area (Å²) < 4.78 is 27.2. The Kier molecular flexibility index (Phi) is 4.62. The normalized spacial score (nSPS) is 10.4. The van der Waals surface area contributed by atoms with Gasteiger partial charge in [0.25, 0.3) is 5.91 Å². The third kappa shape index (κ3) is 3.29. The zero-order valence-corrected chi connectivity index (χ0v) is 12.8. The van der Waals surface area contributed by atoms with E-state index < -0.39 is 17.5 Å². The number of amides is 1. The van der Waals surface area contributed by atoms with Crippen LogP contribution < -0.4 is 5.32 Å². The van der Waals surface area contributed by atoms with Gasteiger partial charge in [-0.3, -0.25) is 4.79 Å². The zero-order valence-electron chi connectivity index (χ0n) is 9.68. The van der Waals surface area contributed by atoms with Gasteiger partial charge in [-0.25, -0.2) is 8.78 Å². The highest BCUT2D eigenvalue weighted by atomic mass is 79.9. The lowest BCUT2D eigenvalue weighted by molar-refractivity contribution is 0.102. The van der Waals surface area contributed by atoms with Crippen molar-refractivity contribution in [1.29, 1.82) is 0 Å². The number of nitrogens with one attached hydrogen (secondary N) is 1. The van der Waals surface area contributed by atoms with Crippen LogP contribution in [0, 0.1) is 11.6 Å². The minimum absolute atomic E-state index is 0.0297. The Hall–Kier alpha value is -1.17. The summed E-state index contributed by atoms with van der Waals surface area (Å²) in [6.45, 7) is 0. The van der Waals surface area contributed by atoms with Crippen molar-refractivity contribution >= 4 is 50.7 Å². The molecule has 20 heavy (non-hydrogen) atoms. The van der Waals surface area contributed by atoms with Crippen LogP contribution in [-0.4, -0.2) is 5.91 Å². The monoisotopic (exact) mass is 379 g/mol. The Morgan fingerprint density at radius 1 is 1.10 bits per heavy atom. The van der Waals surface area contributed by atoms with Crippen LogP contribution >= 0.6 is 39.1 Å². The predicted molar refractivity (Wildman–Crippen MR) is 78.5 cm³/mol. The Bertz CT molecular complexity index is 671. The molecule has 2 rings (SSSR count). The molecule has 2 nitrogen and oxygen atoms in total. The molecule has 1 N–H and O–H groups in total. The standard InChI is InChI=1S/C13H6BrCl2F2NO/c14-6-1-2-8(11(18)3-6)13(20)19-12-9(15)4-7(17)5-10(12)16/h1-5H,(H,19,20). The fourth-order valence-corrected chi connectivity index (χ4v) is 2.40. The summed E-state index contributed by atoms with van der Waals surface area (Å²) in [6, 6.07) is 5.98. The van der Waals surface area contributed by atoms with Crippen LogP contribution in [0.4, 0.5) is 14.5 Å². The molecule has 0 spiro atoms. The smallest absolute Gasteiger partial charge is 0.258 e. The molecule has 0 aliphatic carbocycles. The third-order valence-corrected chi connectivity index (χ3v) is 3.51. The Morgan fingerprint density at radius 2 is 1.70 bits per heavy atom. The van der Waals surface area contributed by atoms with Gasteiger partial charge in [0, 0.05) is 4.47 Å². The molecule has 0 bridgehead atoms. The topological polar surface area (TPSA) is 29.1 Å². The SMILES string of the molecule is O=C(Nc1c(Cl)cc(F)cc1Cl)c1ccc(Br)cc1F. The summed E-state index contributed by atoms with van der Waals surface area (Å²) in [5.74, 6) is -2.07. The van der Waals surface area contributed by atoms with Gasteiger partial charge in [0.15, 0.2) is 0 Å². The van der Waals surface area contributed by atoms with Crippen LogP contribution in [0.25, 0.3) is 0 Å². The summed E-state index contributed by atoms with van der Waals surface area (Å²) in [6.07, 6.45) is 0. The van der Waals surface area contributed by atoms with E-state index in [0.29, 0.717) is 4.47 Å². The van der Waals surface area contributed by atoms with Crippen molar-refractivity contribution in [3.05, 3.63) is 62.0 Å².